The Kier molecular flexibility index (Phi) is 1.47. The van der Waals surface area contributed by atoms with Gasteiger partial charge in [-0.2, -0.15) is 0 Å². The summed E-state index contributed by atoms with van der Waals surface area (Å²) in [5.41, 5.74) is 0.129. The van der Waals surface area contributed by atoms with Crippen molar-refractivity contribution in [3.05, 3.63) is 0 Å². The first-order chi connectivity index (χ1) is 5.36. The molecule has 4 atom stereocenters. The van der Waals surface area contributed by atoms with Gasteiger partial charge in [-0.1, -0.05) is 20.8 Å². The Bertz CT molecular complexity index is 205. The maximum absolute atomic E-state index is 10.1. The van der Waals surface area contributed by atoms with E-state index in [-0.39, 0.29) is 0 Å². The second-order valence-corrected chi connectivity index (χ2v) is 5.73. The minimum Gasteiger partial charge on any atom is -0.390 e. The molecule has 2 aliphatic rings. The topological polar surface area (TPSA) is 20.2 Å². The van der Waals surface area contributed by atoms with Gasteiger partial charge in [-0.3, -0.25) is 0 Å². The second-order valence-electron chi connectivity index (χ2n) is 5.73. The predicted molar refractivity (Wildman–Crippen MR) is 49.8 cm³/mol. The SMILES string of the molecule is C[C@@H]1C[C@@H]2[C@H](C[C@@]1(C)O)C2(C)C. The molecule has 70 valence electrons. The van der Waals surface area contributed by atoms with Gasteiger partial charge in [-0.15, -0.1) is 0 Å². The highest BCUT2D eigenvalue weighted by Crippen LogP contribution is 2.67. The van der Waals surface area contributed by atoms with E-state index < -0.39 is 5.60 Å². The number of fused-ring (bicyclic) bond motifs is 1. The van der Waals surface area contributed by atoms with Crippen LogP contribution in [0.4, 0.5) is 0 Å². The molecular weight excluding hydrogens is 148 g/mol. The van der Waals surface area contributed by atoms with Crippen LogP contribution in [0.15, 0.2) is 0 Å². The molecule has 0 aromatic rings. The Morgan fingerprint density at radius 2 is 1.75 bits per heavy atom. The van der Waals surface area contributed by atoms with E-state index >= 15 is 0 Å². The molecule has 1 heteroatoms. The van der Waals surface area contributed by atoms with E-state index in [2.05, 4.69) is 20.8 Å². The van der Waals surface area contributed by atoms with Crippen molar-refractivity contribution in [3.8, 4) is 0 Å². The molecule has 0 saturated heterocycles. The van der Waals surface area contributed by atoms with E-state index in [1.165, 1.54) is 6.42 Å². The average molecular weight is 168 g/mol. The molecule has 0 aromatic heterocycles. The smallest absolute Gasteiger partial charge is 0.0648 e. The summed E-state index contributed by atoms with van der Waals surface area (Å²) in [6.45, 7) is 8.87. The highest BCUT2D eigenvalue weighted by Gasteiger charge is 2.62. The van der Waals surface area contributed by atoms with Gasteiger partial charge in [0.2, 0.25) is 0 Å². The van der Waals surface area contributed by atoms with Gasteiger partial charge < -0.3 is 5.11 Å². The maximum Gasteiger partial charge on any atom is 0.0648 e. The molecule has 0 unspecified atom stereocenters. The minimum absolute atomic E-state index is 0.394. The summed E-state index contributed by atoms with van der Waals surface area (Å²) in [6, 6.07) is 0. The fourth-order valence-electron chi connectivity index (χ4n) is 3.01. The van der Waals surface area contributed by atoms with E-state index in [0.29, 0.717) is 11.3 Å². The summed E-state index contributed by atoms with van der Waals surface area (Å²) >= 11 is 0. The van der Waals surface area contributed by atoms with Gasteiger partial charge >= 0.3 is 0 Å². The fraction of sp³-hybridized carbons (Fsp3) is 1.00. The summed E-state index contributed by atoms with van der Waals surface area (Å²) in [5, 5.41) is 10.1. The van der Waals surface area contributed by atoms with Crippen LogP contribution in [0.5, 0.6) is 0 Å². The van der Waals surface area contributed by atoms with E-state index in [1.54, 1.807) is 0 Å². The normalized spacial score (nSPS) is 56.2. The Labute approximate surface area is 75.2 Å². The predicted octanol–water partition coefficient (Wildman–Crippen LogP) is 2.44. The van der Waals surface area contributed by atoms with E-state index in [4.69, 9.17) is 0 Å². The molecule has 2 rings (SSSR count). The van der Waals surface area contributed by atoms with Crippen LogP contribution in [0.25, 0.3) is 0 Å². The van der Waals surface area contributed by atoms with Gasteiger partial charge in [0, 0.05) is 0 Å². The Hall–Kier alpha value is -0.0400. The van der Waals surface area contributed by atoms with Crippen molar-refractivity contribution >= 4 is 0 Å². The minimum atomic E-state index is -0.394. The first kappa shape index (κ1) is 8.55. The van der Waals surface area contributed by atoms with Gasteiger partial charge in [0.05, 0.1) is 5.60 Å². The summed E-state index contributed by atoms with van der Waals surface area (Å²) < 4.78 is 0. The number of rotatable bonds is 0. The molecule has 0 heterocycles. The Morgan fingerprint density at radius 1 is 1.17 bits per heavy atom. The third-order valence-electron chi connectivity index (χ3n) is 4.59. The molecule has 0 aliphatic heterocycles. The van der Waals surface area contributed by atoms with Gasteiger partial charge in [-0.25, -0.2) is 0 Å². The van der Waals surface area contributed by atoms with Crippen molar-refractivity contribution < 1.29 is 5.11 Å². The molecule has 12 heavy (non-hydrogen) atoms. The van der Waals surface area contributed by atoms with Crippen LogP contribution in [0.1, 0.15) is 40.5 Å². The van der Waals surface area contributed by atoms with Gasteiger partial charge in [0.25, 0.3) is 0 Å². The van der Waals surface area contributed by atoms with Crippen molar-refractivity contribution in [2.24, 2.45) is 23.2 Å². The Balaban J connectivity index is 2.14. The number of aliphatic hydroxyl groups is 1. The lowest BCUT2D eigenvalue weighted by molar-refractivity contribution is -0.0278. The van der Waals surface area contributed by atoms with E-state index in [0.717, 1.165) is 18.3 Å². The van der Waals surface area contributed by atoms with Crippen LogP contribution >= 0.6 is 0 Å². The first-order valence-electron chi connectivity index (χ1n) is 5.08. The van der Waals surface area contributed by atoms with Crippen molar-refractivity contribution in [2.45, 2.75) is 46.1 Å². The van der Waals surface area contributed by atoms with Crippen LogP contribution in [-0.4, -0.2) is 10.7 Å². The standard InChI is InChI=1S/C11H20O/c1-7-5-8-9(10(8,2)3)6-11(7,4)12/h7-9,12H,5-6H2,1-4H3/t7-,8-,9+,11-/m1/s1. The van der Waals surface area contributed by atoms with Crippen LogP contribution in [0, 0.1) is 23.2 Å². The van der Waals surface area contributed by atoms with Gasteiger partial charge in [-0.05, 0) is 42.9 Å². The van der Waals surface area contributed by atoms with Crippen LogP contribution < -0.4 is 0 Å². The highest BCUT2D eigenvalue weighted by atomic mass is 16.3. The highest BCUT2D eigenvalue weighted by molar-refractivity contribution is 5.11. The molecule has 0 bridgehead atoms. The third-order valence-corrected chi connectivity index (χ3v) is 4.59. The van der Waals surface area contributed by atoms with Crippen molar-refractivity contribution in [1.82, 2.24) is 0 Å². The zero-order chi connectivity index (χ0) is 9.15. The van der Waals surface area contributed by atoms with Crippen molar-refractivity contribution in [3.63, 3.8) is 0 Å². The van der Waals surface area contributed by atoms with Gasteiger partial charge in [0.1, 0.15) is 0 Å². The summed E-state index contributed by atoms with van der Waals surface area (Å²) in [5.74, 6) is 2.18. The van der Waals surface area contributed by atoms with E-state index in [1.807, 2.05) is 6.92 Å². The lowest BCUT2D eigenvalue weighted by Gasteiger charge is -2.34. The zero-order valence-corrected chi connectivity index (χ0v) is 8.59. The van der Waals surface area contributed by atoms with Crippen molar-refractivity contribution in [1.29, 1.82) is 0 Å². The molecule has 0 aromatic carbocycles. The maximum atomic E-state index is 10.1. The summed E-state index contributed by atoms with van der Waals surface area (Å²) in [6.07, 6.45) is 2.25. The number of hydrogen-bond acceptors (Lipinski definition) is 1. The van der Waals surface area contributed by atoms with Crippen LogP contribution in [0.2, 0.25) is 0 Å². The van der Waals surface area contributed by atoms with Gasteiger partial charge in [0.15, 0.2) is 0 Å². The molecule has 2 aliphatic carbocycles. The van der Waals surface area contributed by atoms with Crippen LogP contribution in [-0.2, 0) is 0 Å². The molecule has 0 radical (unpaired) electrons. The summed E-state index contributed by atoms with van der Waals surface area (Å²) in [4.78, 5) is 0. The largest absolute Gasteiger partial charge is 0.390 e. The molecular formula is C11H20O. The zero-order valence-electron chi connectivity index (χ0n) is 8.59. The van der Waals surface area contributed by atoms with E-state index in [9.17, 15) is 5.11 Å². The quantitative estimate of drug-likeness (QED) is 0.589. The first-order valence-corrected chi connectivity index (χ1v) is 5.08. The molecule has 0 amide bonds. The lowest BCUT2D eigenvalue weighted by Crippen LogP contribution is -2.36. The average Bonchev–Trinajstić information content (AvgIpc) is 2.37. The lowest BCUT2D eigenvalue weighted by atomic mass is 9.78. The monoisotopic (exact) mass is 168 g/mol. The third kappa shape index (κ3) is 0.953. The number of hydrogen-bond donors (Lipinski definition) is 1. The molecule has 1 N–H and O–H groups in total. The van der Waals surface area contributed by atoms with Crippen molar-refractivity contribution in [2.75, 3.05) is 0 Å². The molecule has 1 nitrogen and oxygen atoms in total. The molecule has 0 spiro atoms. The summed E-state index contributed by atoms with van der Waals surface area (Å²) in [7, 11) is 0. The molecule has 2 fully saturated rings. The van der Waals surface area contributed by atoms with Crippen LogP contribution in [0.3, 0.4) is 0 Å². The molecule has 2 saturated carbocycles. The Morgan fingerprint density at radius 3 is 2.25 bits per heavy atom. The second kappa shape index (κ2) is 2.06. The fourth-order valence-corrected chi connectivity index (χ4v) is 3.01.